The van der Waals surface area contributed by atoms with Crippen molar-refractivity contribution in [3.05, 3.63) is 70.8 Å². The number of fused-ring (bicyclic) bond motifs is 6. The third-order valence-electron chi connectivity index (χ3n) is 8.16. The Balaban J connectivity index is 0.958. The summed E-state index contributed by atoms with van der Waals surface area (Å²) in [6.07, 6.45) is 0. The standard InChI is InChI=1S/C30H38O8/c1-22(25-8-4-23(5-9-25)12-31-14-29-16-33-27(2,34-17-29)35-18-29)26-10-6-24(7-11-26)13-32-15-30-19-36-28(3,37-20-30)38-21-30/h4-11,22H,12-21H2,1-3H3. The fraction of sp³-hybridized carbons (Fsp3) is 0.600. The minimum atomic E-state index is -0.878. The lowest BCUT2D eigenvalue weighted by molar-refractivity contribution is -0.463. The van der Waals surface area contributed by atoms with E-state index in [1.54, 1.807) is 0 Å². The summed E-state index contributed by atoms with van der Waals surface area (Å²) < 4.78 is 46.1. The first-order valence-corrected chi connectivity index (χ1v) is 13.4. The number of ether oxygens (including phenoxy) is 8. The van der Waals surface area contributed by atoms with Gasteiger partial charge in [0, 0.05) is 19.8 Å². The molecule has 6 fully saturated rings. The average molecular weight is 527 g/mol. The van der Waals surface area contributed by atoms with E-state index < -0.39 is 11.9 Å². The van der Waals surface area contributed by atoms with Crippen LogP contribution in [-0.2, 0) is 51.1 Å². The van der Waals surface area contributed by atoms with Gasteiger partial charge < -0.3 is 37.9 Å². The van der Waals surface area contributed by atoms with E-state index in [0.29, 0.717) is 66.1 Å². The van der Waals surface area contributed by atoms with Gasteiger partial charge in [-0.2, -0.15) is 0 Å². The lowest BCUT2D eigenvalue weighted by Crippen LogP contribution is -2.60. The summed E-state index contributed by atoms with van der Waals surface area (Å²) in [6.45, 7) is 11.7. The fourth-order valence-electron chi connectivity index (χ4n) is 5.22. The molecule has 8 rings (SSSR count). The van der Waals surface area contributed by atoms with E-state index in [9.17, 15) is 0 Å². The Bertz CT molecular complexity index is 962. The molecule has 8 heteroatoms. The molecule has 0 aliphatic carbocycles. The highest BCUT2D eigenvalue weighted by atomic mass is 16.9. The zero-order valence-electron chi connectivity index (χ0n) is 22.5. The van der Waals surface area contributed by atoms with Gasteiger partial charge in [0.05, 0.1) is 76.9 Å². The molecule has 0 N–H and O–H groups in total. The molecule has 6 aliphatic rings. The molecular formula is C30H38O8. The zero-order valence-corrected chi connectivity index (χ0v) is 22.5. The lowest BCUT2D eigenvalue weighted by atomic mass is 9.90. The first kappa shape index (κ1) is 26.3. The van der Waals surface area contributed by atoms with E-state index in [0.717, 1.165) is 11.1 Å². The molecule has 38 heavy (non-hydrogen) atoms. The molecule has 2 aromatic rings. The van der Waals surface area contributed by atoms with E-state index >= 15 is 0 Å². The van der Waals surface area contributed by atoms with Gasteiger partial charge in [0.25, 0.3) is 11.9 Å². The van der Waals surface area contributed by atoms with Crippen molar-refractivity contribution in [1.82, 2.24) is 0 Å². The number of hydrogen-bond acceptors (Lipinski definition) is 8. The van der Waals surface area contributed by atoms with Crippen LogP contribution in [0.5, 0.6) is 0 Å². The van der Waals surface area contributed by atoms with Crippen LogP contribution >= 0.6 is 0 Å². The molecule has 0 amide bonds. The van der Waals surface area contributed by atoms with Gasteiger partial charge in [0.1, 0.15) is 0 Å². The molecule has 0 aromatic heterocycles. The molecule has 2 aromatic carbocycles. The van der Waals surface area contributed by atoms with Crippen molar-refractivity contribution in [3.8, 4) is 0 Å². The Morgan fingerprint density at radius 3 is 1.21 bits per heavy atom. The Kier molecular flexibility index (Phi) is 7.12. The van der Waals surface area contributed by atoms with Gasteiger partial charge >= 0.3 is 0 Å². The van der Waals surface area contributed by atoms with Gasteiger partial charge in [0.2, 0.25) is 0 Å². The number of hydrogen-bond donors (Lipinski definition) is 0. The van der Waals surface area contributed by atoms with Crippen LogP contribution in [0.2, 0.25) is 0 Å². The minimum absolute atomic E-state index is 0.214. The molecule has 8 nitrogen and oxygen atoms in total. The molecule has 0 spiro atoms. The third kappa shape index (κ3) is 5.55. The van der Waals surface area contributed by atoms with Crippen molar-refractivity contribution < 1.29 is 37.9 Å². The van der Waals surface area contributed by atoms with Crippen LogP contribution < -0.4 is 0 Å². The van der Waals surface area contributed by atoms with Crippen molar-refractivity contribution in [2.75, 3.05) is 52.9 Å². The Morgan fingerprint density at radius 1 is 0.579 bits per heavy atom. The maximum Gasteiger partial charge on any atom is 0.279 e. The number of benzene rings is 2. The van der Waals surface area contributed by atoms with E-state index in [1.165, 1.54) is 11.1 Å². The van der Waals surface area contributed by atoms with Gasteiger partial charge in [-0.15, -0.1) is 0 Å². The van der Waals surface area contributed by atoms with E-state index in [1.807, 2.05) is 13.8 Å². The highest BCUT2D eigenvalue weighted by Crippen LogP contribution is 2.39. The van der Waals surface area contributed by atoms with Crippen molar-refractivity contribution in [2.45, 2.75) is 51.8 Å². The van der Waals surface area contributed by atoms with Crippen LogP contribution in [0.1, 0.15) is 48.9 Å². The lowest BCUT2D eigenvalue weighted by Gasteiger charge is -2.50. The van der Waals surface area contributed by atoms with Crippen LogP contribution in [0.3, 0.4) is 0 Å². The predicted octanol–water partition coefficient (Wildman–Crippen LogP) is 4.35. The van der Waals surface area contributed by atoms with Crippen molar-refractivity contribution >= 4 is 0 Å². The van der Waals surface area contributed by atoms with Crippen LogP contribution in [0.4, 0.5) is 0 Å². The first-order chi connectivity index (χ1) is 18.3. The first-order valence-electron chi connectivity index (χ1n) is 13.4. The summed E-state index contributed by atoms with van der Waals surface area (Å²) in [4.78, 5) is 0. The zero-order chi connectivity index (χ0) is 26.3. The highest BCUT2D eigenvalue weighted by Gasteiger charge is 2.51. The summed E-state index contributed by atoms with van der Waals surface area (Å²) in [5, 5.41) is 0. The van der Waals surface area contributed by atoms with Crippen molar-refractivity contribution in [1.29, 1.82) is 0 Å². The normalized spacial score (nSPS) is 34.9. The van der Waals surface area contributed by atoms with Crippen molar-refractivity contribution in [3.63, 3.8) is 0 Å². The second-order valence-electron chi connectivity index (χ2n) is 11.6. The second kappa shape index (κ2) is 10.3. The molecule has 6 aliphatic heterocycles. The summed E-state index contributed by atoms with van der Waals surface area (Å²) in [7, 11) is 0. The van der Waals surface area contributed by atoms with Gasteiger partial charge in [-0.1, -0.05) is 55.5 Å². The van der Waals surface area contributed by atoms with Crippen LogP contribution in [0, 0.1) is 10.8 Å². The summed E-state index contributed by atoms with van der Waals surface area (Å²) in [5.74, 6) is -1.47. The van der Waals surface area contributed by atoms with Crippen molar-refractivity contribution in [2.24, 2.45) is 10.8 Å². The minimum Gasteiger partial charge on any atom is -0.376 e. The predicted molar refractivity (Wildman–Crippen MR) is 137 cm³/mol. The van der Waals surface area contributed by atoms with Gasteiger partial charge in [0.15, 0.2) is 0 Å². The molecule has 0 unspecified atom stereocenters. The topological polar surface area (TPSA) is 73.8 Å². The summed E-state index contributed by atoms with van der Waals surface area (Å²) in [5.41, 5.74) is 4.40. The molecule has 0 saturated carbocycles. The average Bonchev–Trinajstić information content (AvgIpc) is 2.95. The summed E-state index contributed by atoms with van der Waals surface area (Å²) in [6, 6.07) is 17.3. The Hall–Kier alpha value is -1.88. The van der Waals surface area contributed by atoms with Crippen LogP contribution in [0.25, 0.3) is 0 Å². The molecule has 206 valence electrons. The van der Waals surface area contributed by atoms with Gasteiger partial charge in [-0.25, -0.2) is 0 Å². The second-order valence-corrected chi connectivity index (χ2v) is 11.6. The van der Waals surface area contributed by atoms with Gasteiger partial charge in [-0.3, -0.25) is 0 Å². The van der Waals surface area contributed by atoms with Crippen LogP contribution in [0.15, 0.2) is 48.5 Å². The summed E-state index contributed by atoms with van der Waals surface area (Å²) >= 11 is 0. The molecule has 0 radical (unpaired) electrons. The molecule has 6 heterocycles. The maximum absolute atomic E-state index is 6.03. The molecular weight excluding hydrogens is 488 g/mol. The van der Waals surface area contributed by atoms with E-state index in [2.05, 4.69) is 55.5 Å². The Labute approximate surface area is 224 Å². The van der Waals surface area contributed by atoms with Crippen LogP contribution in [-0.4, -0.2) is 64.8 Å². The van der Waals surface area contributed by atoms with E-state index in [-0.39, 0.29) is 16.7 Å². The molecule has 0 atom stereocenters. The quantitative estimate of drug-likeness (QED) is 0.453. The molecule has 4 bridgehead atoms. The smallest absolute Gasteiger partial charge is 0.279 e. The maximum atomic E-state index is 6.03. The number of rotatable bonds is 10. The largest absolute Gasteiger partial charge is 0.376 e. The van der Waals surface area contributed by atoms with Gasteiger partial charge in [-0.05, 0) is 22.3 Å². The van der Waals surface area contributed by atoms with E-state index in [4.69, 9.17) is 37.9 Å². The SMILES string of the molecule is CC(c1ccc(COCC23COC(C)(OC2)OC3)cc1)c1ccc(COCC23COC(C)(OC2)OC3)cc1. The molecule has 6 saturated heterocycles. The fourth-order valence-corrected chi connectivity index (χ4v) is 5.22. The highest BCUT2D eigenvalue weighted by molar-refractivity contribution is 5.34. The monoisotopic (exact) mass is 526 g/mol. The third-order valence-corrected chi connectivity index (χ3v) is 8.16. The Morgan fingerprint density at radius 2 is 0.895 bits per heavy atom.